The van der Waals surface area contributed by atoms with Crippen molar-refractivity contribution in [3.63, 3.8) is 0 Å². The fourth-order valence-electron chi connectivity index (χ4n) is 3.02. The lowest BCUT2D eigenvalue weighted by Gasteiger charge is -2.13. The van der Waals surface area contributed by atoms with Crippen LogP contribution in [0.1, 0.15) is 24.4 Å². The zero-order chi connectivity index (χ0) is 17.4. The number of nitrogens with one attached hydrogen (secondary N) is 1. The van der Waals surface area contributed by atoms with Gasteiger partial charge in [0.15, 0.2) is 12.5 Å². The van der Waals surface area contributed by atoms with E-state index in [1.165, 1.54) is 29.9 Å². The molecule has 1 aliphatic carbocycles. The van der Waals surface area contributed by atoms with Gasteiger partial charge >= 0.3 is 0 Å². The van der Waals surface area contributed by atoms with Crippen LogP contribution in [0.3, 0.4) is 0 Å². The minimum atomic E-state index is -0.201. The maximum atomic E-state index is 13.1. The molecule has 3 aromatic rings. The van der Waals surface area contributed by atoms with Crippen molar-refractivity contribution >= 4 is 23.6 Å². The van der Waals surface area contributed by atoms with Gasteiger partial charge in [-0.2, -0.15) is 4.68 Å². The number of quaternary nitrogens is 1. The standard InChI is InChI=1S/C18H19FN4S2/c1-21(11-13-4-6-14(19)7-5-13)12-22-18(24)23(15-8-9-15)17(20-22)16-3-2-10-25-16/h2-7,10,15H,8-9,11-12H2,1H3/p+1. The Bertz CT molecular complexity index is 908. The number of benzene rings is 1. The molecule has 2 aromatic heterocycles. The van der Waals surface area contributed by atoms with Crippen LogP contribution in [0.25, 0.3) is 10.7 Å². The molecule has 1 unspecified atom stereocenters. The van der Waals surface area contributed by atoms with Crippen molar-refractivity contribution in [2.45, 2.75) is 32.1 Å². The SMILES string of the molecule is C[NH+](Cc1ccc(F)cc1)Cn1nc(-c2cccs2)n(C2CC2)c1=S. The van der Waals surface area contributed by atoms with Crippen molar-refractivity contribution in [1.82, 2.24) is 14.3 Å². The highest BCUT2D eigenvalue weighted by Gasteiger charge is 2.29. The minimum absolute atomic E-state index is 0.201. The molecule has 25 heavy (non-hydrogen) atoms. The molecule has 0 spiro atoms. The summed E-state index contributed by atoms with van der Waals surface area (Å²) >= 11 is 7.40. The largest absolute Gasteiger partial charge is 0.315 e. The van der Waals surface area contributed by atoms with Crippen molar-refractivity contribution in [3.8, 4) is 10.7 Å². The van der Waals surface area contributed by atoms with E-state index in [0.29, 0.717) is 12.7 Å². The molecule has 7 heteroatoms. The Morgan fingerprint density at radius 3 is 2.68 bits per heavy atom. The van der Waals surface area contributed by atoms with Gasteiger partial charge in [-0.05, 0) is 48.6 Å². The van der Waals surface area contributed by atoms with Crippen LogP contribution in [0.15, 0.2) is 41.8 Å². The smallest absolute Gasteiger partial charge is 0.203 e. The number of halogens is 1. The van der Waals surface area contributed by atoms with Crippen molar-refractivity contribution < 1.29 is 9.29 Å². The summed E-state index contributed by atoms with van der Waals surface area (Å²) in [6.07, 6.45) is 2.35. The van der Waals surface area contributed by atoms with Crippen LogP contribution in [0.4, 0.5) is 4.39 Å². The first-order valence-corrected chi connectivity index (χ1v) is 9.69. The van der Waals surface area contributed by atoms with E-state index in [1.807, 2.05) is 22.9 Å². The minimum Gasteiger partial charge on any atom is -0.315 e. The maximum Gasteiger partial charge on any atom is 0.203 e. The second-order valence-electron chi connectivity index (χ2n) is 6.60. The molecule has 4 rings (SSSR count). The van der Waals surface area contributed by atoms with E-state index in [9.17, 15) is 4.39 Å². The molecule has 0 aliphatic heterocycles. The van der Waals surface area contributed by atoms with Gasteiger partial charge in [0.2, 0.25) is 4.77 Å². The fourth-order valence-corrected chi connectivity index (χ4v) is 4.07. The number of nitrogens with zero attached hydrogens (tertiary/aromatic N) is 3. The summed E-state index contributed by atoms with van der Waals surface area (Å²) in [5.74, 6) is 0.782. The van der Waals surface area contributed by atoms with Gasteiger partial charge in [0.1, 0.15) is 12.4 Å². The summed E-state index contributed by atoms with van der Waals surface area (Å²) in [6.45, 7) is 1.49. The average molecular weight is 376 g/mol. The molecule has 1 N–H and O–H groups in total. The van der Waals surface area contributed by atoms with Crippen molar-refractivity contribution in [3.05, 3.63) is 57.9 Å². The highest BCUT2D eigenvalue weighted by molar-refractivity contribution is 7.71. The molecule has 1 aromatic carbocycles. The quantitative estimate of drug-likeness (QED) is 0.670. The molecule has 0 radical (unpaired) electrons. The molecule has 1 fully saturated rings. The molecular weight excluding hydrogens is 355 g/mol. The summed E-state index contributed by atoms with van der Waals surface area (Å²) in [5.41, 5.74) is 1.10. The zero-order valence-corrected chi connectivity index (χ0v) is 15.6. The normalized spacial score (nSPS) is 15.4. The Morgan fingerprint density at radius 1 is 1.28 bits per heavy atom. The third-order valence-corrected chi connectivity index (χ3v) is 5.64. The Hall–Kier alpha value is -1.83. The Labute approximate surface area is 155 Å². The molecule has 4 nitrogen and oxygen atoms in total. The van der Waals surface area contributed by atoms with Gasteiger partial charge in [0.05, 0.1) is 11.9 Å². The Kier molecular flexibility index (Phi) is 4.54. The second kappa shape index (κ2) is 6.82. The highest BCUT2D eigenvalue weighted by atomic mass is 32.1. The number of aromatic nitrogens is 3. The fraction of sp³-hybridized carbons (Fsp3) is 0.333. The first kappa shape index (κ1) is 16.6. The summed E-state index contributed by atoms with van der Waals surface area (Å²) in [7, 11) is 2.10. The monoisotopic (exact) mass is 375 g/mol. The van der Waals surface area contributed by atoms with Crippen LogP contribution in [0.5, 0.6) is 0 Å². The van der Waals surface area contributed by atoms with Crippen molar-refractivity contribution in [2.75, 3.05) is 7.05 Å². The molecule has 0 bridgehead atoms. The third kappa shape index (κ3) is 3.58. The van der Waals surface area contributed by atoms with Gasteiger partial charge in [-0.1, -0.05) is 18.2 Å². The molecule has 2 heterocycles. The maximum absolute atomic E-state index is 13.1. The van der Waals surface area contributed by atoms with E-state index in [1.54, 1.807) is 11.3 Å². The number of thiophene rings is 1. The van der Waals surface area contributed by atoms with Crippen LogP contribution >= 0.6 is 23.6 Å². The van der Waals surface area contributed by atoms with Gasteiger partial charge in [0, 0.05) is 11.6 Å². The van der Waals surface area contributed by atoms with Crippen LogP contribution < -0.4 is 4.90 Å². The van der Waals surface area contributed by atoms with Crippen LogP contribution in [0.2, 0.25) is 0 Å². The Morgan fingerprint density at radius 2 is 2.04 bits per heavy atom. The van der Waals surface area contributed by atoms with Crippen LogP contribution in [-0.2, 0) is 13.2 Å². The summed E-state index contributed by atoms with van der Waals surface area (Å²) < 4.78 is 18.0. The first-order chi connectivity index (χ1) is 12.1. The molecule has 0 saturated heterocycles. The van der Waals surface area contributed by atoms with Crippen molar-refractivity contribution in [2.24, 2.45) is 0 Å². The molecule has 1 saturated carbocycles. The molecule has 1 aliphatic rings. The lowest BCUT2D eigenvalue weighted by atomic mass is 10.2. The zero-order valence-electron chi connectivity index (χ0n) is 14.0. The number of rotatable bonds is 6. The van der Waals surface area contributed by atoms with Crippen molar-refractivity contribution in [1.29, 1.82) is 0 Å². The molecule has 1 atom stereocenters. The number of hydrogen-bond acceptors (Lipinski definition) is 3. The van der Waals surface area contributed by atoms with Gasteiger partial charge < -0.3 is 4.90 Å². The van der Waals surface area contributed by atoms with Crippen LogP contribution in [0, 0.1) is 10.6 Å². The second-order valence-corrected chi connectivity index (χ2v) is 7.92. The summed E-state index contributed by atoms with van der Waals surface area (Å²) in [5, 5.41) is 6.88. The molecule has 0 amide bonds. The predicted molar refractivity (Wildman–Crippen MR) is 99.6 cm³/mol. The van der Waals surface area contributed by atoms with Gasteiger partial charge in [0.25, 0.3) is 0 Å². The van der Waals surface area contributed by atoms with Gasteiger partial charge in [-0.15, -0.1) is 16.4 Å². The topological polar surface area (TPSA) is 27.2 Å². The summed E-state index contributed by atoms with van der Waals surface area (Å²) in [4.78, 5) is 2.41. The molecule has 130 valence electrons. The van der Waals surface area contributed by atoms with E-state index in [4.69, 9.17) is 17.3 Å². The van der Waals surface area contributed by atoms with E-state index >= 15 is 0 Å². The van der Waals surface area contributed by atoms with E-state index in [0.717, 1.165) is 27.6 Å². The predicted octanol–water partition coefficient (Wildman–Crippen LogP) is 3.29. The average Bonchev–Trinajstić information content (AvgIpc) is 3.17. The van der Waals surface area contributed by atoms with Gasteiger partial charge in [-0.3, -0.25) is 4.57 Å². The highest BCUT2D eigenvalue weighted by Crippen LogP contribution is 2.39. The lowest BCUT2D eigenvalue weighted by Crippen LogP contribution is -3.07. The van der Waals surface area contributed by atoms with E-state index in [-0.39, 0.29) is 5.82 Å². The van der Waals surface area contributed by atoms with E-state index < -0.39 is 0 Å². The third-order valence-electron chi connectivity index (χ3n) is 4.36. The van der Waals surface area contributed by atoms with Crippen LogP contribution in [-0.4, -0.2) is 21.4 Å². The summed E-state index contributed by atoms with van der Waals surface area (Å²) in [6, 6.07) is 11.3. The first-order valence-electron chi connectivity index (χ1n) is 8.41. The lowest BCUT2D eigenvalue weighted by molar-refractivity contribution is -0.917. The molecular formula is C18H20FN4S2+. The number of hydrogen-bond donors (Lipinski definition) is 1. The Balaban J connectivity index is 1.57. The van der Waals surface area contributed by atoms with Gasteiger partial charge in [-0.25, -0.2) is 4.39 Å². The van der Waals surface area contributed by atoms with E-state index in [2.05, 4.69) is 23.1 Å².